The highest BCUT2D eigenvalue weighted by molar-refractivity contribution is 9.10. The summed E-state index contributed by atoms with van der Waals surface area (Å²) in [5.41, 5.74) is 6.08. The fourth-order valence-electron chi connectivity index (χ4n) is 1.19. The second kappa shape index (κ2) is 4.85. The van der Waals surface area contributed by atoms with Gasteiger partial charge in [0.25, 0.3) is 0 Å². The van der Waals surface area contributed by atoms with Crippen LogP contribution in [0.3, 0.4) is 0 Å². The van der Waals surface area contributed by atoms with Crippen molar-refractivity contribution in [2.45, 2.75) is 0 Å². The molecule has 17 heavy (non-hydrogen) atoms. The van der Waals surface area contributed by atoms with E-state index in [-0.39, 0.29) is 11.8 Å². The molecule has 0 atom stereocenters. The predicted molar refractivity (Wildman–Crippen MR) is 68.8 cm³/mol. The van der Waals surface area contributed by atoms with Crippen molar-refractivity contribution in [1.82, 2.24) is 9.97 Å². The zero-order chi connectivity index (χ0) is 12.4. The molecular weight excluding hydrogens is 310 g/mol. The lowest BCUT2D eigenvalue weighted by Crippen LogP contribution is -2.00. The predicted octanol–water partition coefficient (Wildman–Crippen LogP) is 3.36. The Hall–Kier alpha value is -1.40. The second-order valence-corrected chi connectivity index (χ2v) is 4.44. The minimum Gasteiger partial charge on any atom is -0.368 e. The Bertz CT molecular complexity index is 564. The number of rotatable bonds is 2. The summed E-state index contributed by atoms with van der Waals surface area (Å²) >= 11 is 9.12. The van der Waals surface area contributed by atoms with Crippen molar-refractivity contribution in [2.24, 2.45) is 0 Å². The minimum atomic E-state index is -0.337. The van der Waals surface area contributed by atoms with Gasteiger partial charge in [-0.05, 0) is 34.1 Å². The standard InChI is InChI=1S/C10H7BrClFN4/c11-6-3-5(13)1-2-8(6)16-9-7(12)4-15-10(14)17-9/h1-4H,(H3,14,15,16,17). The zero-order valence-electron chi connectivity index (χ0n) is 8.42. The van der Waals surface area contributed by atoms with Gasteiger partial charge in [0.15, 0.2) is 5.82 Å². The highest BCUT2D eigenvalue weighted by Gasteiger charge is 2.07. The summed E-state index contributed by atoms with van der Waals surface area (Å²) in [4.78, 5) is 7.68. The highest BCUT2D eigenvalue weighted by atomic mass is 79.9. The Balaban J connectivity index is 2.34. The summed E-state index contributed by atoms with van der Waals surface area (Å²) < 4.78 is 13.5. The molecule has 0 aliphatic rings. The van der Waals surface area contributed by atoms with Gasteiger partial charge in [0.05, 0.1) is 11.9 Å². The van der Waals surface area contributed by atoms with Crippen LogP contribution in [0.25, 0.3) is 0 Å². The summed E-state index contributed by atoms with van der Waals surface area (Å²) in [6.07, 6.45) is 1.39. The van der Waals surface area contributed by atoms with Crippen LogP contribution in [0.15, 0.2) is 28.9 Å². The average molecular weight is 318 g/mol. The molecule has 0 bridgehead atoms. The fraction of sp³-hybridized carbons (Fsp3) is 0. The summed E-state index contributed by atoms with van der Waals surface area (Å²) in [6.45, 7) is 0. The fourth-order valence-corrected chi connectivity index (χ4v) is 1.78. The van der Waals surface area contributed by atoms with Crippen LogP contribution in [0.5, 0.6) is 0 Å². The van der Waals surface area contributed by atoms with Gasteiger partial charge in [-0.25, -0.2) is 9.37 Å². The number of anilines is 3. The molecule has 2 rings (SSSR count). The van der Waals surface area contributed by atoms with Crippen LogP contribution in [0.1, 0.15) is 0 Å². The molecule has 7 heteroatoms. The van der Waals surface area contributed by atoms with E-state index in [2.05, 4.69) is 31.2 Å². The van der Waals surface area contributed by atoms with E-state index >= 15 is 0 Å². The maximum absolute atomic E-state index is 12.9. The van der Waals surface area contributed by atoms with Crippen LogP contribution in [-0.2, 0) is 0 Å². The first-order valence-electron chi connectivity index (χ1n) is 4.56. The van der Waals surface area contributed by atoms with Crippen molar-refractivity contribution in [3.63, 3.8) is 0 Å². The molecule has 0 saturated heterocycles. The molecule has 4 nitrogen and oxygen atoms in total. The van der Waals surface area contributed by atoms with Gasteiger partial charge in [0, 0.05) is 4.47 Å². The molecule has 1 aromatic carbocycles. The smallest absolute Gasteiger partial charge is 0.222 e. The van der Waals surface area contributed by atoms with Crippen LogP contribution >= 0.6 is 27.5 Å². The SMILES string of the molecule is Nc1ncc(Cl)c(Nc2ccc(F)cc2Br)n1. The summed E-state index contributed by atoms with van der Waals surface area (Å²) in [6, 6.07) is 4.22. The number of benzene rings is 1. The molecule has 1 heterocycles. The molecule has 0 amide bonds. The van der Waals surface area contributed by atoms with Crippen LogP contribution in [0.4, 0.5) is 21.8 Å². The van der Waals surface area contributed by atoms with E-state index in [9.17, 15) is 4.39 Å². The Labute approximate surface area is 110 Å². The normalized spacial score (nSPS) is 10.3. The molecular formula is C10H7BrClFN4. The zero-order valence-corrected chi connectivity index (χ0v) is 10.8. The van der Waals surface area contributed by atoms with Gasteiger partial charge in [-0.1, -0.05) is 11.6 Å². The van der Waals surface area contributed by atoms with Crippen molar-refractivity contribution in [3.8, 4) is 0 Å². The topological polar surface area (TPSA) is 63.8 Å². The van der Waals surface area contributed by atoms with E-state index in [0.29, 0.717) is 21.0 Å². The molecule has 3 N–H and O–H groups in total. The van der Waals surface area contributed by atoms with Crippen LogP contribution in [0.2, 0.25) is 5.02 Å². The molecule has 1 aromatic heterocycles. The Morgan fingerprint density at radius 1 is 1.41 bits per heavy atom. The lowest BCUT2D eigenvalue weighted by Gasteiger charge is -2.09. The number of hydrogen-bond donors (Lipinski definition) is 2. The van der Waals surface area contributed by atoms with Gasteiger partial charge in [-0.15, -0.1) is 0 Å². The lowest BCUT2D eigenvalue weighted by atomic mass is 10.3. The van der Waals surface area contributed by atoms with Gasteiger partial charge >= 0.3 is 0 Å². The molecule has 0 aliphatic heterocycles. The Morgan fingerprint density at radius 2 is 2.18 bits per heavy atom. The maximum atomic E-state index is 12.9. The number of nitrogens with zero attached hydrogens (tertiary/aromatic N) is 2. The van der Waals surface area contributed by atoms with Gasteiger partial charge in [-0.3, -0.25) is 0 Å². The highest BCUT2D eigenvalue weighted by Crippen LogP contribution is 2.28. The number of hydrogen-bond acceptors (Lipinski definition) is 4. The maximum Gasteiger partial charge on any atom is 0.222 e. The van der Waals surface area contributed by atoms with Crippen molar-refractivity contribution in [2.75, 3.05) is 11.1 Å². The van der Waals surface area contributed by atoms with E-state index in [1.807, 2.05) is 0 Å². The van der Waals surface area contributed by atoms with Crippen molar-refractivity contribution >= 4 is 45.0 Å². The number of aromatic nitrogens is 2. The minimum absolute atomic E-state index is 0.107. The second-order valence-electron chi connectivity index (χ2n) is 3.17. The number of nitrogens with one attached hydrogen (secondary N) is 1. The monoisotopic (exact) mass is 316 g/mol. The molecule has 0 fully saturated rings. The summed E-state index contributed by atoms with van der Waals surface area (Å²) in [5, 5.41) is 3.26. The molecule has 88 valence electrons. The van der Waals surface area contributed by atoms with Crippen molar-refractivity contribution in [1.29, 1.82) is 0 Å². The van der Waals surface area contributed by atoms with E-state index in [1.54, 1.807) is 6.07 Å². The molecule has 0 spiro atoms. The first kappa shape index (κ1) is 12.1. The quantitative estimate of drug-likeness (QED) is 0.891. The molecule has 0 radical (unpaired) electrons. The first-order chi connectivity index (χ1) is 8.06. The van der Waals surface area contributed by atoms with E-state index < -0.39 is 0 Å². The van der Waals surface area contributed by atoms with E-state index in [4.69, 9.17) is 17.3 Å². The van der Waals surface area contributed by atoms with E-state index in [1.165, 1.54) is 18.3 Å². The lowest BCUT2D eigenvalue weighted by molar-refractivity contribution is 0.627. The van der Waals surface area contributed by atoms with Gasteiger partial charge < -0.3 is 11.1 Å². The number of halogens is 3. The Kier molecular flexibility index (Phi) is 3.44. The van der Waals surface area contributed by atoms with Crippen molar-refractivity contribution in [3.05, 3.63) is 39.7 Å². The Morgan fingerprint density at radius 3 is 2.88 bits per heavy atom. The molecule has 2 aromatic rings. The number of nitrogens with two attached hydrogens (primary N) is 1. The van der Waals surface area contributed by atoms with Gasteiger partial charge in [0.2, 0.25) is 5.95 Å². The number of nitrogen functional groups attached to an aromatic ring is 1. The van der Waals surface area contributed by atoms with E-state index in [0.717, 1.165) is 0 Å². The first-order valence-corrected chi connectivity index (χ1v) is 5.73. The largest absolute Gasteiger partial charge is 0.368 e. The molecule has 0 aliphatic carbocycles. The third-order valence-corrected chi connectivity index (χ3v) is 2.88. The van der Waals surface area contributed by atoms with Crippen molar-refractivity contribution < 1.29 is 4.39 Å². The summed E-state index contributed by atoms with van der Waals surface area (Å²) in [5.74, 6) is 0.136. The van der Waals surface area contributed by atoms with Crippen LogP contribution in [-0.4, -0.2) is 9.97 Å². The molecule has 0 saturated carbocycles. The third kappa shape index (κ3) is 2.83. The third-order valence-electron chi connectivity index (χ3n) is 1.95. The van der Waals surface area contributed by atoms with Crippen LogP contribution < -0.4 is 11.1 Å². The molecule has 0 unspecified atom stereocenters. The van der Waals surface area contributed by atoms with Gasteiger partial charge in [0.1, 0.15) is 10.8 Å². The van der Waals surface area contributed by atoms with Gasteiger partial charge in [-0.2, -0.15) is 4.98 Å². The average Bonchev–Trinajstić information content (AvgIpc) is 2.27. The van der Waals surface area contributed by atoms with Crippen LogP contribution in [0, 0.1) is 5.82 Å². The summed E-state index contributed by atoms with van der Waals surface area (Å²) in [7, 11) is 0.